The van der Waals surface area contributed by atoms with Crippen LogP contribution in [0, 0.1) is 5.82 Å². The van der Waals surface area contributed by atoms with Crippen molar-refractivity contribution in [3.05, 3.63) is 65.5 Å². The second-order valence-electron chi connectivity index (χ2n) is 6.45. The maximum Gasteiger partial charge on any atom is 0.573 e. The van der Waals surface area contributed by atoms with Crippen LogP contribution in [0.15, 0.2) is 48.5 Å². The van der Waals surface area contributed by atoms with Crippen LogP contribution in [0.3, 0.4) is 0 Å². The van der Waals surface area contributed by atoms with E-state index in [0.29, 0.717) is 4.90 Å². The van der Waals surface area contributed by atoms with Crippen molar-refractivity contribution in [3.63, 3.8) is 0 Å². The zero-order valence-corrected chi connectivity index (χ0v) is 14.9. The van der Waals surface area contributed by atoms with Crippen LogP contribution in [0.1, 0.15) is 22.8 Å². The number of urea groups is 1. The van der Waals surface area contributed by atoms with Gasteiger partial charge in [-0.05, 0) is 48.9 Å². The smallest absolute Gasteiger partial charge is 0.406 e. The molecule has 1 saturated heterocycles. The molecule has 10 heteroatoms. The predicted molar refractivity (Wildman–Crippen MR) is 91.5 cm³/mol. The molecule has 152 valence electrons. The number of ether oxygens (including phenoxy) is 1. The maximum absolute atomic E-state index is 13.0. The van der Waals surface area contributed by atoms with E-state index in [1.165, 1.54) is 31.2 Å². The van der Waals surface area contributed by atoms with Gasteiger partial charge in [0.1, 0.15) is 17.1 Å². The molecular weight excluding hydrogens is 396 g/mol. The van der Waals surface area contributed by atoms with Crippen molar-refractivity contribution in [2.24, 2.45) is 0 Å². The number of ketones is 1. The Balaban J connectivity index is 1.78. The van der Waals surface area contributed by atoms with E-state index < -0.39 is 47.7 Å². The molecule has 1 fully saturated rings. The number of benzene rings is 2. The minimum atomic E-state index is -4.86. The Hall–Kier alpha value is -3.43. The summed E-state index contributed by atoms with van der Waals surface area (Å²) in [6.45, 7) is 0.802. The summed E-state index contributed by atoms with van der Waals surface area (Å²) in [5, 5.41) is 2.44. The van der Waals surface area contributed by atoms with E-state index in [1.807, 2.05) is 0 Å². The largest absolute Gasteiger partial charge is 0.573 e. The van der Waals surface area contributed by atoms with Crippen molar-refractivity contribution in [3.8, 4) is 5.75 Å². The Labute approximate surface area is 162 Å². The summed E-state index contributed by atoms with van der Waals surface area (Å²) in [6, 6.07) is 8.24. The van der Waals surface area contributed by atoms with Gasteiger partial charge in [-0.3, -0.25) is 14.5 Å². The van der Waals surface area contributed by atoms with Gasteiger partial charge in [0.05, 0.1) is 6.54 Å². The first-order chi connectivity index (χ1) is 13.5. The fourth-order valence-electron chi connectivity index (χ4n) is 2.90. The second kappa shape index (κ2) is 7.19. The van der Waals surface area contributed by atoms with E-state index in [-0.39, 0.29) is 11.1 Å². The number of imide groups is 1. The van der Waals surface area contributed by atoms with Crippen molar-refractivity contribution < 1.29 is 36.7 Å². The second-order valence-corrected chi connectivity index (χ2v) is 6.45. The molecule has 1 aliphatic rings. The standard InChI is InChI=1S/C19H14F4N2O4/c1-18(12-4-8-14(9-5-12)29-19(21,22)23)16(27)25(17(28)24-18)10-15(26)11-2-6-13(20)7-3-11/h2-9H,10H2,1H3,(H,24,28). The van der Waals surface area contributed by atoms with E-state index in [2.05, 4.69) is 10.1 Å². The fourth-order valence-corrected chi connectivity index (χ4v) is 2.90. The average molecular weight is 410 g/mol. The number of carbonyl (C=O) groups is 3. The molecule has 2 aromatic carbocycles. The molecule has 3 rings (SSSR count). The summed E-state index contributed by atoms with van der Waals surface area (Å²) in [6.07, 6.45) is -4.86. The van der Waals surface area contributed by atoms with Crippen LogP contribution in [0.5, 0.6) is 5.75 Å². The highest BCUT2D eigenvalue weighted by Crippen LogP contribution is 2.31. The van der Waals surface area contributed by atoms with Crippen molar-refractivity contribution in [2.75, 3.05) is 6.54 Å². The SMILES string of the molecule is CC1(c2ccc(OC(F)(F)F)cc2)NC(=O)N(CC(=O)c2ccc(F)cc2)C1=O. The highest BCUT2D eigenvalue weighted by Gasteiger charge is 2.49. The third kappa shape index (κ3) is 4.20. The molecule has 1 heterocycles. The van der Waals surface area contributed by atoms with Gasteiger partial charge in [-0.15, -0.1) is 13.2 Å². The van der Waals surface area contributed by atoms with Crippen molar-refractivity contribution in [1.82, 2.24) is 10.2 Å². The molecule has 29 heavy (non-hydrogen) atoms. The number of amides is 3. The zero-order valence-electron chi connectivity index (χ0n) is 14.9. The lowest BCUT2D eigenvalue weighted by molar-refractivity contribution is -0.274. The van der Waals surface area contributed by atoms with Gasteiger partial charge in [0.2, 0.25) is 0 Å². The highest BCUT2D eigenvalue weighted by molar-refractivity contribution is 6.11. The van der Waals surface area contributed by atoms with Gasteiger partial charge in [0.15, 0.2) is 5.78 Å². The fraction of sp³-hybridized carbons (Fsp3) is 0.211. The lowest BCUT2D eigenvalue weighted by Gasteiger charge is -2.22. The van der Waals surface area contributed by atoms with Crippen LogP contribution in [0.2, 0.25) is 0 Å². The summed E-state index contributed by atoms with van der Waals surface area (Å²) in [7, 11) is 0. The summed E-state index contributed by atoms with van der Waals surface area (Å²) < 4.78 is 53.6. The first-order valence-electron chi connectivity index (χ1n) is 8.29. The van der Waals surface area contributed by atoms with Crippen molar-refractivity contribution in [2.45, 2.75) is 18.8 Å². The zero-order chi connectivity index (χ0) is 21.4. The number of nitrogens with one attached hydrogen (secondary N) is 1. The van der Waals surface area contributed by atoms with Crippen molar-refractivity contribution in [1.29, 1.82) is 0 Å². The van der Waals surface area contributed by atoms with Gasteiger partial charge in [0.25, 0.3) is 5.91 Å². The molecule has 0 saturated carbocycles. The first-order valence-corrected chi connectivity index (χ1v) is 8.29. The third-order valence-electron chi connectivity index (χ3n) is 4.41. The number of Topliss-reactive ketones (excluding diaryl/α,β-unsaturated/α-hetero) is 1. The monoisotopic (exact) mass is 410 g/mol. The van der Waals surface area contributed by atoms with Gasteiger partial charge < -0.3 is 10.1 Å². The molecule has 1 aliphatic heterocycles. The van der Waals surface area contributed by atoms with Gasteiger partial charge in [0, 0.05) is 5.56 Å². The number of alkyl halides is 3. The van der Waals surface area contributed by atoms with Gasteiger partial charge >= 0.3 is 12.4 Å². The van der Waals surface area contributed by atoms with Gasteiger partial charge in [-0.2, -0.15) is 0 Å². The van der Waals surface area contributed by atoms with Gasteiger partial charge in [-0.25, -0.2) is 9.18 Å². The Kier molecular flexibility index (Phi) is 5.04. The Morgan fingerprint density at radius 3 is 2.21 bits per heavy atom. The third-order valence-corrected chi connectivity index (χ3v) is 4.41. The molecule has 1 N–H and O–H groups in total. The molecule has 0 aliphatic carbocycles. The van der Waals surface area contributed by atoms with Crippen LogP contribution in [0.25, 0.3) is 0 Å². The predicted octanol–water partition coefficient (Wildman–Crippen LogP) is 3.37. The van der Waals surface area contributed by atoms with E-state index in [0.717, 1.165) is 24.3 Å². The molecule has 0 spiro atoms. The number of nitrogens with zero attached hydrogens (tertiary/aromatic N) is 1. The summed E-state index contributed by atoms with van der Waals surface area (Å²) >= 11 is 0. The Morgan fingerprint density at radius 1 is 1.07 bits per heavy atom. The summed E-state index contributed by atoms with van der Waals surface area (Å²) in [5.41, 5.74) is -1.24. The van der Waals surface area contributed by atoms with Crippen LogP contribution in [-0.4, -0.2) is 35.5 Å². The summed E-state index contributed by atoms with van der Waals surface area (Å²) in [5.74, 6) is -2.35. The molecule has 0 radical (unpaired) electrons. The molecule has 1 atom stereocenters. The van der Waals surface area contributed by atoms with E-state index in [1.54, 1.807) is 0 Å². The lowest BCUT2D eigenvalue weighted by atomic mass is 9.92. The normalized spacial score (nSPS) is 19.3. The molecule has 3 amide bonds. The first kappa shape index (κ1) is 20.3. The average Bonchev–Trinajstić information content (AvgIpc) is 2.85. The minimum Gasteiger partial charge on any atom is -0.406 e. The van der Waals surface area contributed by atoms with Crippen LogP contribution < -0.4 is 10.1 Å². The number of rotatable bonds is 5. The molecule has 6 nitrogen and oxygen atoms in total. The van der Waals surface area contributed by atoms with Gasteiger partial charge in [-0.1, -0.05) is 12.1 Å². The number of halogens is 4. The Morgan fingerprint density at radius 2 is 1.66 bits per heavy atom. The molecule has 1 unspecified atom stereocenters. The highest BCUT2D eigenvalue weighted by atomic mass is 19.4. The molecular formula is C19H14F4N2O4. The van der Waals surface area contributed by atoms with Crippen molar-refractivity contribution >= 4 is 17.7 Å². The van der Waals surface area contributed by atoms with Crippen LogP contribution in [0.4, 0.5) is 22.4 Å². The molecule has 2 aromatic rings. The molecule has 0 bridgehead atoms. The van der Waals surface area contributed by atoms with Crippen LogP contribution in [-0.2, 0) is 10.3 Å². The molecule has 0 aromatic heterocycles. The van der Waals surface area contributed by atoms with E-state index in [9.17, 15) is 31.9 Å². The lowest BCUT2D eigenvalue weighted by Crippen LogP contribution is -2.41. The topological polar surface area (TPSA) is 75.7 Å². The van der Waals surface area contributed by atoms with E-state index >= 15 is 0 Å². The quantitative estimate of drug-likeness (QED) is 0.466. The number of hydrogen-bond acceptors (Lipinski definition) is 4. The Bertz CT molecular complexity index is 958. The summed E-state index contributed by atoms with van der Waals surface area (Å²) in [4.78, 5) is 38.1. The minimum absolute atomic E-state index is 0.120. The van der Waals surface area contributed by atoms with Crippen LogP contribution >= 0.6 is 0 Å². The maximum atomic E-state index is 13.0. The number of hydrogen-bond donors (Lipinski definition) is 1. The number of carbonyl (C=O) groups excluding carboxylic acids is 3. The van der Waals surface area contributed by atoms with E-state index in [4.69, 9.17) is 0 Å².